The number of carbonyl (C=O) groups excluding carboxylic acids is 1. The Labute approximate surface area is 114 Å². The summed E-state index contributed by atoms with van der Waals surface area (Å²) < 4.78 is 10.7. The number of fused-ring (bicyclic) bond motifs is 1. The molecule has 6 nitrogen and oxygen atoms in total. The van der Waals surface area contributed by atoms with Gasteiger partial charge in [-0.2, -0.15) is 0 Å². The number of carboxylic acids is 1. The van der Waals surface area contributed by atoms with Gasteiger partial charge < -0.3 is 19.9 Å². The number of aliphatic carboxylic acids is 1. The third-order valence-corrected chi connectivity index (χ3v) is 2.76. The lowest BCUT2D eigenvalue weighted by Gasteiger charge is -2.20. The van der Waals surface area contributed by atoms with E-state index in [4.69, 9.17) is 26.2 Å². The monoisotopic (exact) mass is 285 g/mol. The molecule has 1 aliphatic heterocycles. The van der Waals surface area contributed by atoms with Crippen molar-refractivity contribution in [3.8, 4) is 11.5 Å². The maximum atomic E-state index is 11.8. The zero-order valence-corrected chi connectivity index (χ0v) is 10.7. The maximum absolute atomic E-state index is 11.8. The van der Waals surface area contributed by atoms with Gasteiger partial charge in [-0.05, 0) is 12.1 Å². The summed E-state index contributed by atoms with van der Waals surface area (Å²) in [4.78, 5) is 22.2. The van der Waals surface area contributed by atoms with Crippen LogP contribution >= 0.6 is 11.6 Å². The van der Waals surface area contributed by atoms with Crippen LogP contribution in [0.4, 0.5) is 0 Å². The highest BCUT2D eigenvalue weighted by Crippen LogP contribution is 2.38. The molecule has 19 heavy (non-hydrogen) atoms. The van der Waals surface area contributed by atoms with E-state index in [-0.39, 0.29) is 13.0 Å². The second-order valence-electron chi connectivity index (χ2n) is 3.88. The van der Waals surface area contributed by atoms with Crippen LogP contribution in [0, 0.1) is 0 Å². The number of hydrogen-bond donors (Lipinski definition) is 2. The van der Waals surface area contributed by atoms with Gasteiger partial charge in [-0.3, -0.25) is 9.59 Å². The third-order valence-electron chi connectivity index (χ3n) is 2.48. The van der Waals surface area contributed by atoms with E-state index in [2.05, 4.69) is 5.32 Å². The van der Waals surface area contributed by atoms with Gasteiger partial charge in [-0.1, -0.05) is 11.6 Å². The molecule has 7 heteroatoms. The molecule has 0 aromatic heterocycles. The molecular formula is C12H12ClNO5. The predicted molar refractivity (Wildman–Crippen MR) is 67.0 cm³/mol. The van der Waals surface area contributed by atoms with Gasteiger partial charge in [0.1, 0.15) is 13.2 Å². The SMILES string of the molecule is O=C(O)CCNC(=O)c1cc(Cl)c2c(c1)OCCO2. The Hall–Kier alpha value is -1.95. The molecule has 0 saturated heterocycles. The summed E-state index contributed by atoms with van der Waals surface area (Å²) in [7, 11) is 0. The van der Waals surface area contributed by atoms with E-state index in [9.17, 15) is 9.59 Å². The van der Waals surface area contributed by atoms with Gasteiger partial charge in [0.05, 0.1) is 11.4 Å². The number of rotatable bonds is 4. The van der Waals surface area contributed by atoms with Crippen LogP contribution in [0.3, 0.4) is 0 Å². The van der Waals surface area contributed by atoms with Crippen molar-refractivity contribution in [3.05, 3.63) is 22.7 Å². The smallest absolute Gasteiger partial charge is 0.305 e. The Balaban J connectivity index is 2.10. The van der Waals surface area contributed by atoms with E-state index >= 15 is 0 Å². The van der Waals surface area contributed by atoms with Gasteiger partial charge >= 0.3 is 5.97 Å². The summed E-state index contributed by atoms with van der Waals surface area (Å²) in [6, 6.07) is 2.99. The molecule has 102 valence electrons. The van der Waals surface area contributed by atoms with Crippen molar-refractivity contribution in [1.82, 2.24) is 5.32 Å². The van der Waals surface area contributed by atoms with Crippen molar-refractivity contribution in [2.45, 2.75) is 6.42 Å². The zero-order valence-electron chi connectivity index (χ0n) is 9.94. The fraction of sp³-hybridized carbons (Fsp3) is 0.333. The van der Waals surface area contributed by atoms with E-state index in [1.54, 1.807) is 0 Å². The lowest BCUT2D eigenvalue weighted by molar-refractivity contribution is -0.136. The Morgan fingerprint density at radius 1 is 1.32 bits per heavy atom. The summed E-state index contributed by atoms with van der Waals surface area (Å²) in [6.45, 7) is 0.866. The van der Waals surface area contributed by atoms with Crippen LogP contribution in [0.2, 0.25) is 5.02 Å². The molecule has 2 N–H and O–H groups in total. The van der Waals surface area contributed by atoms with Crippen LogP contribution in [0.15, 0.2) is 12.1 Å². The number of nitrogens with one attached hydrogen (secondary N) is 1. The minimum absolute atomic E-state index is 0.0558. The first-order valence-corrected chi connectivity index (χ1v) is 6.05. The second kappa shape index (κ2) is 5.79. The highest BCUT2D eigenvalue weighted by atomic mass is 35.5. The normalized spacial score (nSPS) is 12.9. The highest BCUT2D eigenvalue weighted by molar-refractivity contribution is 6.32. The number of ether oxygens (including phenoxy) is 2. The predicted octanol–water partition coefficient (Wildman–Crippen LogP) is 1.32. The second-order valence-corrected chi connectivity index (χ2v) is 4.29. The van der Waals surface area contributed by atoms with Gasteiger partial charge in [0.25, 0.3) is 5.91 Å². The van der Waals surface area contributed by atoms with Crippen molar-refractivity contribution in [2.24, 2.45) is 0 Å². The van der Waals surface area contributed by atoms with Crippen LogP contribution < -0.4 is 14.8 Å². The first-order valence-electron chi connectivity index (χ1n) is 5.67. The van der Waals surface area contributed by atoms with E-state index in [1.807, 2.05) is 0 Å². The Morgan fingerprint density at radius 2 is 2.05 bits per heavy atom. The average molecular weight is 286 g/mol. The van der Waals surface area contributed by atoms with Crippen molar-refractivity contribution < 1.29 is 24.2 Å². The molecule has 1 aromatic rings. The minimum atomic E-state index is -0.972. The van der Waals surface area contributed by atoms with Crippen molar-refractivity contribution >= 4 is 23.5 Å². The molecule has 0 fully saturated rings. The average Bonchev–Trinajstić information content (AvgIpc) is 2.38. The van der Waals surface area contributed by atoms with E-state index in [0.717, 1.165) is 0 Å². The lowest BCUT2D eigenvalue weighted by atomic mass is 10.1. The molecule has 0 atom stereocenters. The van der Waals surface area contributed by atoms with E-state index in [1.165, 1.54) is 12.1 Å². The van der Waals surface area contributed by atoms with Crippen molar-refractivity contribution in [2.75, 3.05) is 19.8 Å². The quantitative estimate of drug-likeness (QED) is 0.871. The molecule has 1 aromatic carbocycles. The van der Waals surface area contributed by atoms with Gasteiger partial charge in [-0.25, -0.2) is 0 Å². The van der Waals surface area contributed by atoms with Crippen LogP contribution in [-0.2, 0) is 4.79 Å². The van der Waals surface area contributed by atoms with Gasteiger partial charge in [-0.15, -0.1) is 0 Å². The lowest BCUT2D eigenvalue weighted by Crippen LogP contribution is -2.26. The first kappa shape index (κ1) is 13.5. The minimum Gasteiger partial charge on any atom is -0.486 e. The molecule has 0 spiro atoms. The summed E-state index contributed by atoms with van der Waals surface area (Å²) >= 11 is 6.00. The van der Waals surface area contributed by atoms with E-state index in [0.29, 0.717) is 35.3 Å². The molecular weight excluding hydrogens is 274 g/mol. The van der Waals surface area contributed by atoms with Crippen molar-refractivity contribution in [1.29, 1.82) is 0 Å². The Bertz CT molecular complexity index is 517. The highest BCUT2D eigenvalue weighted by Gasteiger charge is 2.19. The maximum Gasteiger partial charge on any atom is 0.305 e. The first-order chi connectivity index (χ1) is 9.08. The van der Waals surface area contributed by atoms with Gasteiger partial charge in [0.2, 0.25) is 0 Å². The number of halogens is 1. The fourth-order valence-electron chi connectivity index (χ4n) is 1.63. The summed E-state index contributed by atoms with van der Waals surface area (Å²) in [5.41, 5.74) is 0.305. The van der Waals surface area contributed by atoms with Gasteiger partial charge in [0, 0.05) is 12.1 Å². The number of hydrogen-bond acceptors (Lipinski definition) is 4. The van der Waals surface area contributed by atoms with Crippen LogP contribution in [0.5, 0.6) is 11.5 Å². The number of amides is 1. The Kier molecular flexibility index (Phi) is 4.11. The zero-order chi connectivity index (χ0) is 13.8. The molecule has 0 saturated carbocycles. The van der Waals surface area contributed by atoms with Gasteiger partial charge in [0.15, 0.2) is 11.5 Å². The third kappa shape index (κ3) is 3.29. The summed E-state index contributed by atoms with van der Waals surface area (Å²) in [5, 5.41) is 11.3. The Morgan fingerprint density at radius 3 is 2.79 bits per heavy atom. The number of carbonyl (C=O) groups is 2. The number of benzene rings is 1. The molecule has 0 aliphatic carbocycles. The molecule has 1 amide bonds. The summed E-state index contributed by atoms with van der Waals surface area (Å²) in [5.74, 6) is -0.530. The van der Waals surface area contributed by atoms with Crippen LogP contribution in [0.1, 0.15) is 16.8 Å². The molecule has 1 aliphatic rings. The topological polar surface area (TPSA) is 84.9 Å². The van der Waals surface area contributed by atoms with Crippen molar-refractivity contribution in [3.63, 3.8) is 0 Å². The fourth-order valence-corrected chi connectivity index (χ4v) is 1.89. The largest absolute Gasteiger partial charge is 0.486 e. The molecule has 2 rings (SSSR count). The van der Waals surface area contributed by atoms with Crippen LogP contribution in [0.25, 0.3) is 0 Å². The van der Waals surface area contributed by atoms with Crippen LogP contribution in [-0.4, -0.2) is 36.7 Å². The molecule has 0 unspecified atom stereocenters. The summed E-state index contributed by atoms with van der Waals surface area (Å²) in [6.07, 6.45) is -0.135. The standard InChI is InChI=1S/C12H12ClNO5/c13-8-5-7(12(17)14-2-1-10(15)16)6-9-11(8)19-4-3-18-9/h5-6H,1-4H2,(H,14,17)(H,15,16). The van der Waals surface area contributed by atoms with E-state index < -0.39 is 11.9 Å². The number of carboxylic acid groups (broad SMARTS) is 1. The molecule has 0 radical (unpaired) electrons. The molecule has 1 heterocycles. The molecule has 0 bridgehead atoms.